The lowest BCUT2D eigenvalue weighted by Crippen LogP contribution is -2.59. The molecule has 0 bridgehead atoms. The third kappa shape index (κ3) is 4.05. The molecule has 172 valence electrons. The van der Waals surface area contributed by atoms with Gasteiger partial charge in [0.1, 0.15) is 18.0 Å². The fraction of sp³-hybridized carbons (Fsp3) is 0.909. The number of ketones is 1. The molecule has 3 N–H and O–H groups in total. The average Bonchev–Trinajstić information content (AvgIpc) is 2.91. The van der Waals surface area contributed by atoms with E-state index in [1.165, 1.54) is 6.92 Å². The molecule has 3 rings (SSSR count). The maximum atomic E-state index is 12.2. The van der Waals surface area contributed by atoms with Crippen LogP contribution in [0.25, 0.3) is 0 Å². The molecule has 8 heteroatoms. The van der Waals surface area contributed by atoms with Crippen molar-refractivity contribution in [1.29, 1.82) is 0 Å². The van der Waals surface area contributed by atoms with Crippen molar-refractivity contribution in [1.82, 2.24) is 0 Å². The van der Waals surface area contributed by atoms with Crippen LogP contribution < -0.4 is 0 Å². The van der Waals surface area contributed by atoms with Gasteiger partial charge in [-0.1, -0.05) is 6.92 Å². The van der Waals surface area contributed by atoms with Gasteiger partial charge in [-0.25, -0.2) is 0 Å². The van der Waals surface area contributed by atoms with E-state index < -0.39 is 41.8 Å². The quantitative estimate of drug-likeness (QED) is 0.561. The van der Waals surface area contributed by atoms with Crippen molar-refractivity contribution in [2.75, 3.05) is 6.61 Å². The summed E-state index contributed by atoms with van der Waals surface area (Å²) in [6.07, 6.45) is -1.15. The van der Waals surface area contributed by atoms with Gasteiger partial charge in [-0.3, -0.25) is 9.59 Å². The Morgan fingerprint density at radius 2 is 1.77 bits per heavy atom. The highest BCUT2D eigenvalue weighted by Gasteiger charge is 2.62. The molecule has 0 aromatic rings. The standard InChI is InChI=1S/C22H36O8/c1-12(23)15-7-9-21(5)8-6-14(10-22(15,21)27)20(3,4)30-19-18(29-13(2)24)17(26)16(25)11-28-19/h14-19,25-27H,6-11H2,1-5H3. The molecule has 2 saturated carbocycles. The van der Waals surface area contributed by atoms with Crippen LogP contribution in [0.3, 0.4) is 0 Å². The first-order valence-electron chi connectivity index (χ1n) is 10.9. The van der Waals surface area contributed by atoms with E-state index in [2.05, 4.69) is 6.92 Å². The van der Waals surface area contributed by atoms with Crippen molar-refractivity contribution < 1.29 is 39.1 Å². The number of fused-ring (bicyclic) bond motifs is 1. The molecule has 0 aromatic carbocycles. The highest BCUT2D eigenvalue weighted by molar-refractivity contribution is 5.80. The number of aliphatic hydroxyl groups excluding tert-OH is 2. The highest BCUT2D eigenvalue weighted by atomic mass is 16.7. The van der Waals surface area contributed by atoms with Crippen molar-refractivity contribution in [3.8, 4) is 0 Å². The third-order valence-electron chi connectivity index (χ3n) is 7.83. The molecule has 0 aromatic heterocycles. The number of hydrogen-bond acceptors (Lipinski definition) is 8. The number of carbonyl (C=O) groups is 2. The largest absolute Gasteiger partial charge is 0.454 e. The van der Waals surface area contributed by atoms with Crippen LogP contribution in [0.1, 0.15) is 66.7 Å². The Balaban J connectivity index is 1.78. The smallest absolute Gasteiger partial charge is 0.303 e. The van der Waals surface area contributed by atoms with E-state index in [1.807, 2.05) is 13.8 Å². The van der Waals surface area contributed by atoms with E-state index in [4.69, 9.17) is 14.2 Å². The molecule has 1 saturated heterocycles. The molecule has 3 fully saturated rings. The first-order chi connectivity index (χ1) is 13.8. The second kappa shape index (κ2) is 8.13. The zero-order valence-corrected chi connectivity index (χ0v) is 18.6. The number of carbonyl (C=O) groups excluding carboxylic acids is 2. The number of hydrogen-bond donors (Lipinski definition) is 3. The summed E-state index contributed by atoms with van der Waals surface area (Å²) in [5.74, 6) is -1.04. The van der Waals surface area contributed by atoms with E-state index in [1.54, 1.807) is 6.92 Å². The summed E-state index contributed by atoms with van der Waals surface area (Å²) in [6.45, 7) is 8.46. The van der Waals surface area contributed by atoms with Crippen molar-refractivity contribution in [2.45, 2.75) is 103 Å². The van der Waals surface area contributed by atoms with Crippen LogP contribution in [0, 0.1) is 17.3 Å². The molecule has 1 heterocycles. The molecule has 30 heavy (non-hydrogen) atoms. The minimum atomic E-state index is -1.32. The predicted molar refractivity (Wildman–Crippen MR) is 106 cm³/mol. The van der Waals surface area contributed by atoms with Crippen LogP contribution >= 0.6 is 0 Å². The molecular weight excluding hydrogens is 392 g/mol. The Morgan fingerprint density at radius 3 is 2.37 bits per heavy atom. The number of esters is 1. The SMILES string of the molecule is CC(=O)OC1C(OC(C)(C)C2CCC3(C)CCC(C(C)=O)C3(O)C2)OCC(O)C1O. The minimum Gasteiger partial charge on any atom is -0.454 e. The van der Waals surface area contributed by atoms with Gasteiger partial charge in [0.15, 0.2) is 12.4 Å². The molecule has 2 aliphatic carbocycles. The van der Waals surface area contributed by atoms with Gasteiger partial charge < -0.3 is 29.5 Å². The Kier molecular flexibility index (Phi) is 6.40. The Morgan fingerprint density at radius 1 is 1.13 bits per heavy atom. The zero-order valence-electron chi connectivity index (χ0n) is 18.6. The molecule has 0 spiro atoms. The third-order valence-corrected chi connectivity index (χ3v) is 7.83. The van der Waals surface area contributed by atoms with Gasteiger partial charge in [0.05, 0.1) is 17.8 Å². The molecule has 1 aliphatic heterocycles. The fourth-order valence-electron chi connectivity index (χ4n) is 5.75. The fourth-order valence-corrected chi connectivity index (χ4v) is 5.75. The van der Waals surface area contributed by atoms with Crippen LogP contribution in [0.4, 0.5) is 0 Å². The van der Waals surface area contributed by atoms with Gasteiger partial charge in [0.2, 0.25) is 0 Å². The van der Waals surface area contributed by atoms with Crippen molar-refractivity contribution in [2.24, 2.45) is 17.3 Å². The van der Waals surface area contributed by atoms with Crippen LogP contribution in [-0.4, -0.2) is 69.5 Å². The van der Waals surface area contributed by atoms with Gasteiger partial charge in [0.25, 0.3) is 0 Å². The van der Waals surface area contributed by atoms with Gasteiger partial charge in [-0.05, 0) is 64.2 Å². The summed E-state index contributed by atoms with van der Waals surface area (Å²) in [6, 6.07) is 0. The highest BCUT2D eigenvalue weighted by Crippen LogP contribution is 2.60. The van der Waals surface area contributed by atoms with Gasteiger partial charge in [-0.2, -0.15) is 0 Å². The number of Topliss-reactive ketones (excluding diaryl/α,β-unsaturated/α-hetero) is 1. The normalized spacial score (nSPS) is 44.4. The first-order valence-corrected chi connectivity index (χ1v) is 10.9. The molecular formula is C22H36O8. The van der Waals surface area contributed by atoms with Crippen molar-refractivity contribution >= 4 is 11.8 Å². The lowest BCUT2D eigenvalue weighted by molar-refractivity contribution is -0.310. The zero-order chi connectivity index (χ0) is 22.5. The summed E-state index contributed by atoms with van der Waals surface area (Å²) >= 11 is 0. The van der Waals surface area contributed by atoms with Crippen molar-refractivity contribution in [3.05, 3.63) is 0 Å². The van der Waals surface area contributed by atoms with E-state index >= 15 is 0 Å². The lowest BCUT2D eigenvalue weighted by atomic mass is 9.58. The maximum absolute atomic E-state index is 12.2. The Hall–Kier alpha value is -1.06. The Labute approximate surface area is 177 Å². The second-order valence-corrected chi connectivity index (χ2v) is 10.2. The molecule has 3 aliphatic rings. The lowest BCUT2D eigenvalue weighted by Gasteiger charge is -2.53. The van der Waals surface area contributed by atoms with E-state index in [-0.39, 0.29) is 29.6 Å². The first kappa shape index (κ1) is 23.6. The predicted octanol–water partition coefficient (Wildman–Crippen LogP) is 1.33. The number of ether oxygens (including phenoxy) is 3. The summed E-state index contributed by atoms with van der Waals surface area (Å²) in [5, 5.41) is 31.8. The Bertz CT molecular complexity index is 678. The van der Waals surface area contributed by atoms with Crippen molar-refractivity contribution in [3.63, 3.8) is 0 Å². The number of aliphatic hydroxyl groups is 3. The molecule has 8 atom stereocenters. The minimum absolute atomic E-state index is 0.0169. The summed E-state index contributed by atoms with van der Waals surface area (Å²) in [7, 11) is 0. The van der Waals surface area contributed by atoms with Crippen LogP contribution in [-0.2, 0) is 23.8 Å². The molecule has 8 unspecified atom stereocenters. The van der Waals surface area contributed by atoms with Crippen LogP contribution in [0.5, 0.6) is 0 Å². The monoisotopic (exact) mass is 428 g/mol. The molecule has 8 nitrogen and oxygen atoms in total. The summed E-state index contributed by atoms with van der Waals surface area (Å²) < 4.78 is 17.0. The van der Waals surface area contributed by atoms with Crippen LogP contribution in [0.2, 0.25) is 0 Å². The van der Waals surface area contributed by atoms with E-state index in [0.717, 1.165) is 19.3 Å². The summed E-state index contributed by atoms with van der Waals surface area (Å²) in [5.41, 5.74) is -2.16. The number of rotatable bonds is 5. The second-order valence-electron chi connectivity index (χ2n) is 10.2. The van der Waals surface area contributed by atoms with E-state index in [9.17, 15) is 24.9 Å². The molecule has 0 amide bonds. The summed E-state index contributed by atoms with van der Waals surface area (Å²) in [4.78, 5) is 23.7. The topological polar surface area (TPSA) is 123 Å². The van der Waals surface area contributed by atoms with E-state index in [0.29, 0.717) is 12.8 Å². The van der Waals surface area contributed by atoms with Gasteiger partial charge >= 0.3 is 5.97 Å². The van der Waals surface area contributed by atoms with Crippen LogP contribution in [0.15, 0.2) is 0 Å². The maximum Gasteiger partial charge on any atom is 0.303 e. The van der Waals surface area contributed by atoms with Gasteiger partial charge in [0, 0.05) is 12.8 Å². The average molecular weight is 429 g/mol. The molecule has 0 radical (unpaired) electrons. The van der Waals surface area contributed by atoms with Gasteiger partial charge in [-0.15, -0.1) is 0 Å².